The van der Waals surface area contributed by atoms with Crippen molar-refractivity contribution in [2.24, 2.45) is 5.10 Å². The number of ether oxygens (including phenoxy) is 2. The standard InChI is InChI=1S/C28H18Br2N2O5/c29-22-11-7-20(8-12-22)27(34)36-24-15-6-18(17-31-32-26(33)19-4-2-1-3-5-19)16-25(24)37-28(35)21-9-13-23(30)14-10-21/h1-17H,(H,32,33)/b31-17+. The molecule has 0 atom stereocenters. The second kappa shape index (κ2) is 12.2. The first-order chi connectivity index (χ1) is 17.9. The molecule has 1 N–H and O–H groups in total. The van der Waals surface area contributed by atoms with Gasteiger partial charge in [0, 0.05) is 14.5 Å². The number of rotatable bonds is 7. The van der Waals surface area contributed by atoms with E-state index in [1.807, 2.05) is 6.07 Å². The second-order valence-corrected chi connectivity index (χ2v) is 9.40. The van der Waals surface area contributed by atoms with Gasteiger partial charge < -0.3 is 9.47 Å². The molecule has 0 fully saturated rings. The van der Waals surface area contributed by atoms with Crippen molar-refractivity contribution >= 4 is 55.9 Å². The second-order valence-electron chi connectivity index (χ2n) is 7.56. The summed E-state index contributed by atoms with van der Waals surface area (Å²) in [6.07, 6.45) is 1.39. The van der Waals surface area contributed by atoms with Gasteiger partial charge in [-0.05, 0) is 84.4 Å². The molecule has 9 heteroatoms. The fourth-order valence-corrected chi connectivity index (χ4v) is 3.61. The zero-order valence-electron chi connectivity index (χ0n) is 19.1. The highest BCUT2D eigenvalue weighted by Crippen LogP contribution is 2.30. The van der Waals surface area contributed by atoms with Crippen molar-refractivity contribution in [2.75, 3.05) is 0 Å². The average molecular weight is 622 g/mol. The molecule has 4 rings (SSSR count). The third kappa shape index (κ3) is 7.22. The van der Waals surface area contributed by atoms with Crippen LogP contribution < -0.4 is 14.9 Å². The molecule has 1 amide bonds. The van der Waals surface area contributed by atoms with E-state index in [0.29, 0.717) is 22.3 Å². The molecule has 0 aliphatic heterocycles. The van der Waals surface area contributed by atoms with Crippen LogP contribution in [0, 0.1) is 0 Å². The van der Waals surface area contributed by atoms with Crippen LogP contribution in [-0.4, -0.2) is 24.1 Å². The van der Waals surface area contributed by atoms with E-state index in [-0.39, 0.29) is 17.4 Å². The highest BCUT2D eigenvalue weighted by molar-refractivity contribution is 9.10. The van der Waals surface area contributed by atoms with E-state index in [1.165, 1.54) is 18.3 Å². The van der Waals surface area contributed by atoms with E-state index < -0.39 is 11.9 Å². The molecule has 7 nitrogen and oxygen atoms in total. The van der Waals surface area contributed by atoms with Crippen LogP contribution in [0.25, 0.3) is 0 Å². The number of carbonyl (C=O) groups excluding carboxylic acids is 3. The van der Waals surface area contributed by atoms with Gasteiger partial charge in [-0.3, -0.25) is 4.79 Å². The molecule has 0 radical (unpaired) electrons. The number of halogens is 2. The van der Waals surface area contributed by atoms with Crippen molar-refractivity contribution in [1.82, 2.24) is 5.43 Å². The predicted molar refractivity (Wildman–Crippen MR) is 146 cm³/mol. The van der Waals surface area contributed by atoms with Gasteiger partial charge in [0.2, 0.25) is 0 Å². The topological polar surface area (TPSA) is 94.1 Å². The van der Waals surface area contributed by atoms with Gasteiger partial charge in [-0.15, -0.1) is 0 Å². The molecule has 0 saturated carbocycles. The monoisotopic (exact) mass is 620 g/mol. The predicted octanol–water partition coefficient (Wildman–Crippen LogP) is 6.41. The molecular weight excluding hydrogens is 604 g/mol. The lowest BCUT2D eigenvalue weighted by molar-refractivity contribution is 0.0682. The van der Waals surface area contributed by atoms with E-state index in [1.54, 1.807) is 78.9 Å². The van der Waals surface area contributed by atoms with E-state index in [0.717, 1.165) is 8.95 Å². The van der Waals surface area contributed by atoms with Gasteiger partial charge in [-0.25, -0.2) is 15.0 Å². The Morgan fingerprint density at radius 3 is 1.76 bits per heavy atom. The van der Waals surface area contributed by atoms with E-state index >= 15 is 0 Å². The van der Waals surface area contributed by atoms with Crippen LogP contribution in [-0.2, 0) is 0 Å². The third-order valence-electron chi connectivity index (χ3n) is 4.95. The van der Waals surface area contributed by atoms with Crippen LogP contribution in [0.4, 0.5) is 0 Å². The van der Waals surface area contributed by atoms with Gasteiger partial charge in [0.25, 0.3) is 5.91 Å². The Bertz CT molecular complexity index is 1450. The van der Waals surface area contributed by atoms with Crippen molar-refractivity contribution in [1.29, 1.82) is 0 Å². The summed E-state index contributed by atoms with van der Waals surface area (Å²) in [5.74, 6) is -1.58. The number of nitrogens with one attached hydrogen (secondary N) is 1. The van der Waals surface area contributed by atoms with Crippen LogP contribution >= 0.6 is 31.9 Å². The Morgan fingerprint density at radius 1 is 0.649 bits per heavy atom. The zero-order valence-corrected chi connectivity index (χ0v) is 22.2. The quantitative estimate of drug-likeness (QED) is 0.111. The first-order valence-corrected chi connectivity index (χ1v) is 12.5. The number of amides is 1. The lowest BCUT2D eigenvalue weighted by Crippen LogP contribution is -2.17. The highest BCUT2D eigenvalue weighted by atomic mass is 79.9. The third-order valence-corrected chi connectivity index (χ3v) is 6.01. The van der Waals surface area contributed by atoms with Gasteiger partial charge in [0.1, 0.15) is 0 Å². The summed E-state index contributed by atoms with van der Waals surface area (Å²) in [5, 5.41) is 3.97. The first kappa shape index (κ1) is 26.0. The molecule has 0 bridgehead atoms. The van der Waals surface area contributed by atoms with E-state index in [4.69, 9.17) is 9.47 Å². The van der Waals surface area contributed by atoms with Gasteiger partial charge in [-0.1, -0.05) is 50.1 Å². The largest absolute Gasteiger partial charge is 0.419 e. The Labute approximate surface area is 229 Å². The minimum absolute atomic E-state index is 0.0108. The number of hydrazone groups is 1. The van der Waals surface area contributed by atoms with Gasteiger partial charge >= 0.3 is 11.9 Å². The van der Waals surface area contributed by atoms with E-state index in [2.05, 4.69) is 42.4 Å². The highest BCUT2D eigenvalue weighted by Gasteiger charge is 2.17. The van der Waals surface area contributed by atoms with Crippen molar-refractivity contribution < 1.29 is 23.9 Å². The smallest absolute Gasteiger partial charge is 0.343 e. The summed E-state index contributed by atoms with van der Waals surface area (Å²) in [7, 11) is 0. The molecule has 0 aliphatic carbocycles. The number of carbonyl (C=O) groups is 3. The summed E-state index contributed by atoms with van der Waals surface area (Å²) in [5.41, 5.74) is 4.02. The Balaban J connectivity index is 1.56. The molecule has 184 valence electrons. The number of benzene rings is 4. The molecular formula is C28H18Br2N2O5. The molecule has 0 spiro atoms. The maximum absolute atomic E-state index is 12.8. The normalized spacial score (nSPS) is 10.6. The molecule has 4 aromatic carbocycles. The molecule has 0 aliphatic rings. The zero-order chi connectivity index (χ0) is 26.2. The Hall–Kier alpha value is -4.08. The maximum Gasteiger partial charge on any atom is 0.343 e. The summed E-state index contributed by atoms with van der Waals surface area (Å²) >= 11 is 6.65. The summed E-state index contributed by atoms with van der Waals surface area (Å²) in [4.78, 5) is 37.7. The maximum atomic E-state index is 12.8. The Morgan fingerprint density at radius 2 is 1.19 bits per heavy atom. The van der Waals surface area contributed by atoms with Crippen LogP contribution in [0.2, 0.25) is 0 Å². The number of nitrogens with zero attached hydrogens (tertiary/aromatic N) is 1. The van der Waals surface area contributed by atoms with Crippen LogP contribution in [0.1, 0.15) is 36.6 Å². The van der Waals surface area contributed by atoms with Crippen molar-refractivity contribution in [2.45, 2.75) is 0 Å². The lowest BCUT2D eigenvalue weighted by Gasteiger charge is -2.12. The summed E-state index contributed by atoms with van der Waals surface area (Å²) < 4.78 is 12.7. The van der Waals surface area contributed by atoms with Crippen molar-refractivity contribution in [3.63, 3.8) is 0 Å². The number of hydrogen-bond donors (Lipinski definition) is 1. The van der Waals surface area contributed by atoms with E-state index in [9.17, 15) is 14.4 Å². The van der Waals surface area contributed by atoms with Crippen LogP contribution in [0.3, 0.4) is 0 Å². The molecule has 37 heavy (non-hydrogen) atoms. The fraction of sp³-hybridized carbons (Fsp3) is 0. The molecule has 4 aromatic rings. The number of esters is 2. The van der Waals surface area contributed by atoms with Crippen LogP contribution in [0.5, 0.6) is 11.5 Å². The van der Waals surface area contributed by atoms with Gasteiger partial charge in [-0.2, -0.15) is 5.10 Å². The molecule has 0 saturated heterocycles. The fourth-order valence-electron chi connectivity index (χ4n) is 3.08. The molecule has 0 unspecified atom stereocenters. The lowest BCUT2D eigenvalue weighted by atomic mass is 10.2. The first-order valence-electron chi connectivity index (χ1n) is 10.9. The van der Waals surface area contributed by atoms with Crippen molar-refractivity contribution in [3.05, 3.63) is 128 Å². The minimum Gasteiger partial charge on any atom is -0.419 e. The van der Waals surface area contributed by atoms with Gasteiger partial charge in [0.15, 0.2) is 11.5 Å². The Kier molecular flexibility index (Phi) is 8.60. The summed E-state index contributed by atoms with van der Waals surface area (Å²) in [6.45, 7) is 0. The number of hydrogen-bond acceptors (Lipinski definition) is 6. The minimum atomic E-state index is -0.639. The molecule has 0 heterocycles. The van der Waals surface area contributed by atoms with Gasteiger partial charge in [0.05, 0.1) is 17.3 Å². The average Bonchev–Trinajstić information content (AvgIpc) is 2.91. The molecule has 0 aromatic heterocycles. The van der Waals surface area contributed by atoms with Crippen molar-refractivity contribution in [3.8, 4) is 11.5 Å². The van der Waals surface area contributed by atoms with Crippen LogP contribution in [0.15, 0.2) is 111 Å². The SMILES string of the molecule is O=C(N/N=C/c1ccc(OC(=O)c2ccc(Br)cc2)c(OC(=O)c2ccc(Br)cc2)c1)c1ccccc1. The summed E-state index contributed by atoms with van der Waals surface area (Å²) in [6, 6.07) is 26.5.